The van der Waals surface area contributed by atoms with Crippen molar-refractivity contribution < 1.29 is 27.9 Å². The second-order valence-corrected chi connectivity index (χ2v) is 5.41. The summed E-state index contributed by atoms with van der Waals surface area (Å²) in [7, 11) is 0. The fourth-order valence-electron chi connectivity index (χ4n) is 2.11. The van der Waals surface area contributed by atoms with E-state index in [1.165, 1.54) is 17.6 Å². The molecule has 0 aliphatic heterocycles. The van der Waals surface area contributed by atoms with E-state index in [1.807, 2.05) is 0 Å². The maximum absolute atomic E-state index is 12.5. The summed E-state index contributed by atoms with van der Waals surface area (Å²) in [5, 5.41) is 8.51. The normalized spacial score (nSPS) is 12.5. The lowest BCUT2D eigenvalue weighted by atomic mass is 10.1. The van der Waals surface area contributed by atoms with E-state index in [1.54, 1.807) is 24.3 Å². The van der Waals surface area contributed by atoms with Crippen molar-refractivity contribution in [3.63, 3.8) is 0 Å². The van der Waals surface area contributed by atoms with Crippen LogP contribution >= 0.6 is 0 Å². The highest BCUT2D eigenvalue weighted by Crippen LogP contribution is 2.29. The van der Waals surface area contributed by atoms with Crippen molar-refractivity contribution in [2.45, 2.75) is 25.2 Å². The number of hydrogen-bond acceptors (Lipinski definition) is 4. The average Bonchev–Trinajstić information content (AvgIpc) is 2.60. The second-order valence-electron chi connectivity index (χ2n) is 5.41. The van der Waals surface area contributed by atoms with E-state index in [-0.39, 0.29) is 13.0 Å². The zero-order valence-corrected chi connectivity index (χ0v) is 13.1. The predicted octanol–water partition coefficient (Wildman–Crippen LogP) is 2.66. The fraction of sp³-hybridized carbons (Fsp3) is 0.235. The molecule has 4 N–H and O–H groups in total. The van der Waals surface area contributed by atoms with Crippen molar-refractivity contribution in [2.24, 2.45) is 5.73 Å². The molecule has 1 unspecified atom stereocenters. The van der Waals surface area contributed by atoms with E-state index < -0.39 is 23.7 Å². The van der Waals surface area contributed by atoms with Crippen LogP contribution in [0.3, 0.4) is 0 Å². The molecule has 0 heterocycles. The fourth-order valence-corrected chi connectivity index (χ4v) is 2.11. The number of hydroxylamine groups is 1. The van der Waals surface area contributed by atoms with Gasteiger partial charge in [0.1, 0.15) is 12.4 Å². The highest BCUT2D eigenvalue weighted by atomic mass is 19.4. The Balaban J connectivity index is 1.90. The molecule has 2 aromatic carbocycles. The topological polar surface area (TPSA) is 84.6 Å². The number of halogens is 3. The number of rotatable bonds is 6. The summed E-state index contributed by atoms with van der Waals surface area (Å²) in [5.41, 5.74) is 7.76. The van der Waals surface area contributed by atoms with E-state index >= 15 is 0 Å². The van der Waals surface area contributed by atoms with Crippen molar-refractivity contribution in [3.05, 3.63) is 65.2 Å². The Hall–Kier alpha value is -2.58. The highest BCUT2D eigenvalue weighted by Gasteiger charge is 2.29. The van der Waals surface area contributed by atoms with Gasteiger partial charge in [-0.05, 0) is 41.8 Å². The smallest absolute Gasteiger partial charge is 0.416 e. The molecule has 0 aliphatic rings. The lowest BCUT2D eigenvalue weighted by Crippen LogP contribution is -2.40. The van der Waals surface area contributed by atoms with Gasteiger partial charge in [0.2, 0.25) is 0 Å². The molecule has 0 saturated carbocycles. The number of carbonyl (C=O) groups excluding carboxylic acids is 1. The summed E-state index contributed by atoms with van der Waals surface area (Å²) in [5.74, 6) is -0.147. The molecule has 0 aliphatic carbocycles. The highest BCUT2D eigenvalue weighted by molar-refractivity contribution is 5.80. The van der Waals surface area contributed by atoms with Gasteiger partial charge in [-0.3, -0.25) is 10.0 Å². The minimum Gasteiger partial charge on any atom is -0.489 e. The molecular formula is C17H17F3N2O3. The van der Waals surface area contributed by atoms with Gasteiger partial charge in [-0.15, -0.1) is 0 Å². The van der Waals surface area contributed by atoms with Gasteiger partial charge in [0.15, 0.2) is 0 Å². The standard InChI is InChI=1S/C17H17F3N2O3/c18-17(19,20)13-5-1-12(2-6-13)10-25-14-7-3-11(4-8-14)9-15(21)16(23)22-24/h1-8,15,24H,9-10,21H2,(H,22,23). The summed E-state index contributed by atoms with van der Waals surface area (Å²) in [6.07, 6.45) is -4.12. The van der Waals surface area contributed by atoms with Gasteiger partial charge in [0, 0.05) is 0 Å². The van der Waals surface area contributed by atoms with Gasteiger partial charge < -0.3 is 10.5 Å². The van der Waals surface area contributed by atoms with Gasteiger partial charge in [0.25, 0.3) is 5.91 Å². The molecule has 2 aromatic rings. The summed E-state index contributed by atoms with van der Waals surface area (Å²) in [4.78, 5) is 11.1. The van der Waals surface area contributed by atoms with Crippen molar-refractivity contribution in [1.29, 1.82) is 0 Å². The number of amides is 1. The van der Waals surface area contributed by atoms with Gasteiger partial charge in [0.05, 0.1) is 11.6 Å². The SMILES string of the molecule is NC(Cc1ccc(OCc2ccc(C(F)(F)F)cc2)cc1)C(=O)NO. The Bertz CT molecular complexity index is 701. The van der Waals surface area contributed by atoms with Gasteiger partial charge in [-0.2, -0.15) is 13.2 Å². The van der Waals surface area contributed by atoms with Crippen LogP contribution in [-0.2, 0) is 24.0 Å². The Morgan fingerprint density at radius 1 is 1.08 bits per heavy atom. The third-order valence-electron chi connectivity index (χ3n) is 3.51. The number of carbonyl (C=O) groups is 1. The molecule has 0 aromatic heterocycles. The van der Waals surface area contributed by atoms with Crippen LogP contribution in [0.1, 0.15) is 16.7 Å². The molecule has 0 spiro atoms. The second kappa shape index (κ2) is 8.00. The van der Waals surface area contributed by atoms with E-state index in [4.69, 9.17) is 15.7 Å². The Kier molecular flexibility index (Phi) is 6.00. The van der Waals surface area contributed by atoms with Crippen molar-refractivity contribution in [3.8, 4) is 5.75 Å². The van der Waals surface area contributed by atoms with Gasteiger partial charge in [-0.25, -0.2) is 5.48 Å². The quantitative estimate of drug-likeness (QED) is 0.550. The maximum Gasteiger partial charge on any atom is 0.416 e. The number of hydrogen-bond donors (Lipinski definition) is 3. The van der Waals surface area contributed by atoms with Crippen LogP contribution in [0.5, 0.6) is 5.75 Å². The van der Waals surface area contributed by atoms with Gasteiger partial charge in [-0.1, -0.05) is 24.3 Å². The van der Waals surface area contributed by atoms with Crippen LogP contribution in [0.2, 0.25) is 0 Å². The number of nitrogens with two attached hydrogens (primary N) is 1. The predicted molar refractivity (Wildman–Crippen MR) is 83.8 cm³/mol. The Labute approximate surface area is 142 Å². The number of ether oxygens (including phenoxy) is 1. The molecule has 0 saturated heterocycles. The number of benzene rings is 2. The zero-order chi connectivity index (χ0) is 18.4. The zero-order valence-electron chi connectivity index (χ0n) is 13.1. The minimum atomic E-state index is -4.36. The Morgan fingerprint density at radius 3 is 2.16 bits per heavy atom. The molecular weight excluding hydrogens is 337 g/mol. The van der Waals surface area contributed by atoms with Crippen molar-refractivity contribution in [2.75, 3.05) is 0 Å². The van der Waals surface area contributed by atoms with Crippen LogP contribution in [0.4, 0.5) is 13.2 Å². The summed E-state index contributed by atoms with van der Waals surface area (Å²) in [6.45, 7) is 0.129. The summed E-state index contributed by atoms with van der Waals surface area (Å²) in [6, 6.07) is 10.6. The molecule has 1 amide bonds. The average molecular weight is 354 g/mol. The van der Waals surface area contributed by atoms with E-state index in [0.29, 0.717) is 11.3 Å². The number of alkyl halides is 3. The molecule has 1 atom stereocenters. The van der Waals surface area contributed by atoms with Crippen LogP contribution in [0.15, 0.2) is 48.5 Å². The minimum absolute atomic E-state index is 0.129. The third kappa shape index (κ3) is 5.47. The largest absolute Gasteiger partial charge is 0.489 e. The van der Waals surface area contributed by atoms with E-state index in [2.05, 4.69) is 0 Å². The molecule has 25 heavy (non-hydrogen) atoms. The lowest BCUT2D eigenvalue weighted by molar-refractivity contribution is -0.137. The number of nitrogens with one attached hydrogen (secondary N) is 1. The molecule has 0 fully saturated rings. The lowest BCUT2D eigenvalue weighted by Gasteiger charge is -2.11. The van der Waals surface area contributed by atoms with E-state index in [9.17, 15) is 18.0 Å². The van der Waals surface area contributed by atoms with Crippen molar-refractivity contribution >= 4 is 5.91 Å². The molecule has 134 valence electrons. The molecule has 5 nitrogen and oxygen atoms in total. The summed E-state index contributed by atoms with van der Waals surface area (Å²) < 4.78 is 43.0. The molecule has 0 bridgehead atoms. The first-order valence-corrected chi connectivity index (χ1v) is 7.37. The maximum atomic E-state index is 12.5. The van der Waals surface area contributed by atoms with Crippen LogP contribution in [0.25, 0.3) is 0 Å². The van der Waals surface area contributed by atoms with E-state index in [0.717, 1.165) is 17.7 Å². The first-order chi connectivity index (χ1) is 11.8. The molecule has 8 heteroatoms. The summed E-state index contributed by atoms with van der Waals surface area (Å²) >= 11 is 0. The third-order valence-corrected chi connectivity index (χ3v) is 3.51. The van der Waals surface area contributed by atoms with Crippen LogP contribution in [-0.4, -0.2) is 17.2 Å². The Morgan fingerprint density at radius 2 is 1.64 bits per heavy atom. The van der Waals surface area contributed by atoms with Crippen LogP contribution in [0, 0.1) is 0 Å². The molecule has 2 rings (SSSR count). The molecule has 0 radical (unpaired) electrons. The first-order valence-electron chi connectivity index (χ1n) is 7.37. The van der Waals surface area contributed by atoms with Gasteiger partial charge >= 0.3 is 6.18 Å². The van der Waals surface area contributed by atoms with Crippen molar-refractivity contribution in [1.82, 2.24) is 5.48 Å². The first kappa shape index (κ1) is 18.8. The van der Waals surface area contributed by atoms with Crippen LogP contribution < -0.4 is 16.0 Å². The monoisotopic (exact) mass is 354 g/mol.